The van der Waals surface area contributed by atoms with Crippen molar-refractivity contribution in [3.8, 4) is 0 Å². The van der Waals surface area contributed by atoms with E-state index in [2.05, 4.69) is 0 Å². The highest BCUT2D eigenvalue weighted by Crippen LogP contribution is 2.14. The lowest BCUT2D eigenvalue weighted by molar-refractivity contribution is -0.154. The fourth-order valence-electron chi connectivity index (χ4n) is 0.496. The van der Waals surface area contributed by atoms with Crippen LogP contribution in [-0.2, 0) is 14.3 Å². The van der Waals surface area contributed by atoms with Crippen LogP contribution in [0.1, 0.15) is 13.8 Å². The van der Waals surface area contributed by atoms with Crippen molar-refractivity contribution >= 4 is 5.97 Å². The van der Waals surface area contributed by atoms with Gasteiger partial charge in [0, 0.05) is 13.7 Å². The molecular weight excluding hydrogens is 158 g/mol. The van der Waals surface area contributed by atoms with Crippen LogP contribution in [0.2, 0.25) is 0 Å². The number of rotatable bonds is 5. The van der Waals surface area contributed by atoms with Gasteiger partial charge in [0.15, 0.2) is 0 Å². The molecule has 0 bridgehead atoms. The maximum atomic E-state index is 11.2. The summed E-state index contributed by atoms with van der Waals surface area (Å²) in [6.45, 7) is 4.51. The summed E-state index contributed by atoms with van der Waals surface area (Å²) in [5, 5.41) is 0. The number of esters is 1. The Labute approximate surface area is 73.0 Å². The molecule has 0 fully saturated rings. The number of carbonyl (C=O) groups excluding carboxylic acids is 1. The van der Waals surface area contributed by atoms with Crippen LogP contribution in [0.3, 0.4) is 0 Å². The number of hydrogen-bond acceptors (Lipinski definition) is 4. The number of methoxy groups -OCH3 is 1. The first kappa shape index (κ1) is 11.4. The Kier molecular flexibility index (Phi) is 4.85. The maximum absolute atomic E-state index is 11.2. The topological polar surface area (TPSA) is 61.5 Å². The van der Waals surface area contributed by atoms with Crippen molar-refractivity contribution in [1.82, 2.24) is 0 Å². The standard InChI is InChI=1S/C8H17NO3/c1-8(2,6-9)7(10)12-5-4-11-3/h4-6,9H2,1-3H3. The molecule has 0 aliphatic carbocycles. The summed E-state index contributed by atoms with van der Waals surface area (Å²) in [5.41, 5.74) is 4.79. The van der Waals surface area contributed by atoms with Gasteiger partial charge in [0.25, 0.3) is 0 Å². The summed E-state index contributed by atoms with van der Waals surface area (Å²) in [5.74, 6) is -0.276. The second-order valence-electron chi connectivity index (χ2n) is 3.22. The minimum atomic E-state index is -0.590. The minimum Gasteiger partial charge on any atom is -0.463 e. The molecule has 12 heavy (non-hydrogen) atoms. The fraction of sp³-hybridized carbons (Fsp3) is 0.875. The first-order valence-corrected chi connectivity index (χ1v) is 3.91. The van der Waals surface area contributed by atoms with Gasteiger partial charge in [-0.1, -0.05) is 0 Å². The quantitative estimate of drug-likeness (QED) is 0.477. The normalized spacial score (nSPS) is 11.3. The van der Waals surface area contributed by atoms with Gasteiger partial charge in [-0.05, 0) is 13.8 Å². The first-order valence-electron chi connectivity index (χ1n) is 3.91. The largest absolute Gasteiger partial charge is 0.463 e. The van der Waals surface area contributed by atoms with Crippen molar-refractivity contribution < 1.29 is 14.3 Å². The monoisotopic (exact) mass is 175 g/mol. The fourth-order valence-corrected chi connectivity index (χ4v) is 0.496. The van der Waals surface area contributed by atoms with Crippen LogP contribution >= 0.6 is 0 Å². The first-order chi connectivity index (χ1) is 5.54. The molecule has 0 aromatic heterocycles. The van der Waals surface area contributed by atoms with Gasteiger partial charge in [0.2, 0.25) is 0 Å². The molecule has 4 nitrogen and oxygen atoms in total. The van der Waals surface area contributed by atoms with E-state index in [9.17, 15) is 4.79 Å². The molecule has 2 N–H and O–H groups in total. The van der Waals surface area contributed by atoms with E-state index in [1.165, 1.54) is 0 Å². The SMILES string of the molecule is COCCOC(=O)C(C)(C)CN. The van der Waals surface area contributed by atoms with Crippen LogP contribution < -0.4 is 5.73 Å². The van der Waals surface area contributed by atoms with E-state index in [-0.39, 0.29) is 5.97 Å². The third-order valence-corrected chi connectivity index (χ3v) is 1.58. The smallest absolute Gasteiger partial charge is 0.312 e. The Morgan fingerprint density at radius 3 is 2.42 bits per heavy atom. The molecule has 4 heteroatoms. The van der Waals surface area contributed by atoms with Crippen molar-refractivity contribution in [1.29, 1.82) is 0 Å². The predicted molar refractivity (Wildman–Crippen MR) is 45.7 cm³/mol. The molecule has 0 heterocycles. The lowest BCUT2D eigenvalue weighted by atomic mass is 9.94. The van der Waals surface area contributed by atoms with Crippen molar-refractivity contribution in [2.75, 3.05) is 26.9 Å². The predicted octanol–water partition coefficient (Wildman–Crippen LogP) is 0.161. The highest BCUT2D eigenvalue weighted by Gasteiger charge is 2.27. The second kappa shape index (κ2) is 5.11. The zero-order valence-corrected chi connectivity index (χ0v) is 7.92. The van der Waals surface area contributed by atoms with E-state index in [1.54, 1.807) is 21.0 Å². The highest BCUT2D eigenvalue weighted by molar-refractivity contribution is 5.76. The van der Waals surface area contributed by atoms with E-state index in [1.807, 2.05) is 0 Å². The van der Waals surface area contributed by atoms with Crippen LogP contribution in [0, 0.1) is 5.41 Å². The number of hydrogen-bond donors (Lipinski definition) is 1. The van der Waals surface area contributed by atoms with Crippen molar-refractivity contribution in [2.45, 2.75) is 13.8 Å². The minimum absolute atomic E-state index is 0.276. The number of ether oxygens (including phenoxy) is 2. The van der Waals surface area contributed by atoms with E-state index in [0.717, 1.165) is 0 Å². The molecule has 0 radical (unpaired) electrons. The maximum Gasteiger partial charge on any atom is 0.312 e. The van der Waals surface area contributed by atoms with Gasteiger partial charge < -0.3 is 15.2 Å². The van der Waals surface area contributed by atoms with E-state index in [0.29, 0.717) is 19.8 Å². The van der Waals surface area contributed by atoms with Gasteiger partial charge >= 0.3 is 5.97 Å². The average Bonchev–Trinajstić information content (AvgIpc) is 2.05. The van der Waals surface area contributed by atoms with E-state index < -0.39 is 5.41 Å². The van der Waals surface area contributed by atoms with Gasteiger partial charge in [-0.15, -0.1) is 0 Å². The van der Waals surface area contributed by atoms with Crippen LogP contribution in [0.5, 0.6) is 0 Å². The van der Waals surface area contributed by atoms with Crippen molar-refractivity contribution in [3.63, 3.8) is 0 Å². The van der Waals surface area contributed by atoms with Gasteiger partial charge in [-0.25, -0.2) is 0 Å². The molecule has 0 aliphatic heterocycles. The zero-order chi connectivity index (χ0) is 9.61. The van der Waals surface area contributed by atoms with Crippen LogP contribution in [-0.4, -0.2) is 32.8 Å². The lowest BCUT2D eigenvalue weighted by Crippen LogP contribution is -2.34. The van der Waals surface area contributed by atoms with Crippen LogP contribution in [0.15, 0.2) is 0 Å². The van der Waals surface area contributed by atoms with Crippen molar-refractivity contribution in [2.24, 2.45) is 11.1 Å². The highest BCUT2D eigenvalue weighted by atomic mass is 16.6. The molecule has 0 amide bonds. The molecule has 0 atom stereocenters. The average molecular weight is 175 g/mol. The zero-order valence-electron chi connectivity index (χ0n) is 7.92. The van der Waals surface area contributed by atoms with E-state index in [4.69, 9.17) is 15.2 Å². The molecule has 0 saturated carbocycles. The molecule has 0 saturated heterocycles. The molecule has 72 valence electrons. The Morgan fingerprint density at radius 1 is 1.42 bits per heavy atom. The van der Waals surface area contributed by atoms with Gasteiger partial charge in [0.1, 0.15) is 6.61 Å². The van der Waals surface area contributed by atoms with Gasteiger partial charge in [-0.3, -0.25) is 4.79 Å². The van der Waals surface area contributed by atoms with Crippen molar-refractivity contribution in [3.05, 3.63) is 0 Å². The second-order valence-corrected chi connectivity index (χ2v) is 3.22. The molecule has 0 unspecified atom stereocenters. The van der Waals surface area contributed by atoms with Gasteiger partial charge in [-0.2, -0.15) is 0 Å². The van der Waals surface area contributed by atoms with Gasteiger partial charge in [0.05, 0.1) is 12.0 Å². The lowest BCUT2D eigenvalue weighted by Gasteiger charge is -2.19. The Bertz CT molecular complexity index is 145. The molecular formula is C8H17NO3. The summed E-state index contributed by atoms with van der Waals surface area (Å²) < 4.78 is 9.62. The Hall–Kier alpha value is -0.610. The molecule has 0 aromatic rings. The number of carbonyl (C=O) groups is 1. The van der Waals surface area contributed by atoms with E-state index >= 15 is 0 Å². The molecule has 0 spiro atoms. The summed E-state index contributed by atoms with van der Waals surface area (Å²) in [6.07, 6.45) is 0. The third-order valence-electron chi connectivity index (χ3n) is 1.58. The van der Waals surface area contributed by atoms with Crippen LogP contribution in [0.4, 0.5) is 0 Å². The number of nitrogens with two attached hydrogens (primary N) is 1. The molecule has 0 rings (SSSR count). The summed E-state index contributed by atoms with van der Waals surface area (Å²) in [7, 11) is 1.56. The molecule has 0 aliphatic rings. The summed E-state index contributed by atoms with van der Waals surface area (Å²) in [6, 6.07) is 0. The molecule has 0 aromatic carbocycles. The summed E-state index contributed by atoms with van der Waals surface area (Å²) in [4.78, 5) is 11.2. The van der Waals surface area contributed by atoms with Crippen LogP contribution in [0.25, 0.3) is 0 Å². The summed E-state index contributed by atoms with van der Waals surface area (Å²) >= 11 is 0. The third kappa shape index (κ3) is 3.69. The Balaban J connectivity index is 3.72. The Morgan fingerprint density at radius 2 is 2.00 bits per heavy atom.